The Bertz CT molecular complexity index is 722. The van der Waals surface area contributed by atoms with E-state index in [1.165, 1.54) is 0 Å². The number of anilines is 1. The molecule has 0 atom stereocenters. The Morgan fingerprint density at radius 2 is 2.21 bits per heavy atom. The van der Waals surface area contributed by atoms with Crippen molar-refractivity contribution in [1.82, 2.24) is 10.3 Å². The van der Waals surface area contributed by atoms with Gasteiger partial charge < -0.3 is 11.1 Å². The Labute approximate surface area is 114 Å². The number of nitrogens with zero attached hydrogens (tertiary/aromatic N) is 1. The molecule has 0 bridgehead atoms. The molecule has 1 heterocycles. The highest BCUT2D eigenvalue weighted by atomic mass is 32.2. The Morgan fingerprint density at radius 3 is 2.89 bits per heavy atom. The van der Waals surface area contributed by atoms with E-state index in [2.05, 4.69) is 10.3 Å². The van der Waals surface area contributed by atoms with Crippen molar-refractivity contribution in [3.05, 3.63) is 18.2 Å². The van der Waals surface area contributed by atoms with Crippen LogP contribution in [-0.2, 0) is 14.6 Å². The lowest BCUT2D eigenvalue weighted by Gasteiger charge is -2.00. The Balaban J connectivity index is 2.35. The lowest BCUT2D eigenvalue weighted by molar-refractivity contribution is -0.118. The number of amides is 1. The molecule has 8 heteroatoms. The topological polar surface area (TPSA) is 102 Å². The fourth-order valence-corrected chi connectivity index (χ4v) is 4.04. The quantitative estimate of drug-likeness (QED) is 0.813. The Hall–Kier alpha value is -1.67. The van der Waals surface area contributed by atoms with Gasteiger partial charge in [-0.1, -0.05) is 0 Å². The highest BCUT2D eigenvalue weighted by molar-refractivity contribution is 7.94. The summed E-state index contributed by atoms with van der Waals surface area (Å²) in [6.07, 6.45) is 0. The van der Waals surface area contributed by atoms with Gasteiger partial charge in [-0.15, -0.1) is 11.3 Å². The van der Waals surface area contributed by atoms with Crippen molar-refractivity contribution >= 4 is 43.0 Å². The summed E-state index contributed by atoms with van der Waals surface area (Å²) in [6, 6.07) is 4.98. The summed E-state index contributed by atoms with van der Waals surface area (Å²) < 4.78 is 24.7. The van der Waals surface area contributed by atoms with E-state index >= 15 is 0 Å². The lowest BCUT2D eigenvalue weighted by atomic mass is 10.3. The second kappa shape index (κ2) is 5.14. The summed E-state index contributed by atoms with van der Waals surface area (Å²) in [5, 5.41) is 2.45. The molecule has 0 aliphatic carbocycles. The second-order valence-corrected chi connectivity index (χ2v) is 7.11. The third kappa shape index (κ3) is 3.02. The minimum Gasteiger partial charge on any atom is -0.399 e. The number of nitrogens with two attached hydrogens (primary N) is 1. The zero-order valence-corrected chi connectivity index (χ0v) is 11.8. The van der Waals surface area contributed by atoms with Crippen LogP contribution in [-0.4, -0.2) is 31.6 Å². The van der Waals surface area contributed by atoms with Gasteiger partial charge in [0.25, 0.3) is 0 Å². The number of nitrogens with one attached hydrogen (secondary N) is 1. The fourth-order valence-electron chi connectivity index (χ4n) is 1.54. The Morgan fingerprint density at radius 1 is 1.47 bits per heavy atom. The zero-order chi connectivity index (χ0) is 14.0. The molecule has 2 aromatic rings. The lowest BCUT2D eigenvalue weighted by Crippen LogP contribution is -2.29. The summed E-state index contributed by atoms with van der Waals surface area (Å²) in [5.41, 5.74) is 6.74. The highest BCUT2D eigenvalue weighted by Gasteiger charge is 2.23. The molecule has 3 N–H and O–H groups in total. The molecule has 0 aliphatic rings. The average Bonchev–Trinajstić information content (AvgIpc) is 2.72. The molecule has 1 aromatic heterocycles. The molecule has 6 nitrogen and oxygen atoms in total. The molecule has 0 aliphatic heterocycles. The average molecular weight is 299 g/mol. The van der Waals surface area contributed by atoms with Crippen LogP contribution in [0, 0.1) is 0 Å². The van der Waals surface area contributed by atoms with Gasteiger partial charge in [0.1, 0.15) is 5.75 Å². The second-order valence-electron chi connectivity index (χ2n) is 3.92. The summed E-state index contributed by atoms with van der Waals surface area (Å²) >= 11 is 1.02. The number of aromatic nitrogens is 1. The summed E-state index contributed by atoms with van der Waals surface area (Å²) in [7, 11) is -3.70. The van der Waals surface area contributed by atoms with Gasteiger partial charge in [-0.25, -0.2) is 13.4 Å². The standard InChI is InChI=1S/C11H13N3O3S2/c1-2-13-10(15)6-19(16,17)11-14-8-4-3-7(12)5-9(8)18-11/h3-5H,2,6,12H2,1H3,(H,13,15). The molecule has 102 valence electrons. The first-order valence-electron chi connectivity index (χ1n) is 5.58. The van der Waals surface area contributed by atoms with Crippen molar-refractivity contribution in [2.24, 2.45) is 0 Å². The molecular formula is C11H13N3O3S2. The molecule has 0 spiro atoms. The predicted octanol–water partition coefficient (Wildman–Crippen LogP) is 0.788. The van der Waals surface area contributed by atoms with Gasteiger partial charge in [0.15, 0.2) is 0 Å². The van der Waals surface area contributed by atoms with Crippen molar-refractivity contribution in [2.45, 2.75) is 11.3 Å². The third-order valence-electron chi connectivity index (χ3n) is 2.35. The zero-order valence-electron chi connectivity index (χ0n) is 10.2. The molecule has 0 radical (unpaired) electrons. The normalized spacial score (nSPS) is 11.6. The summed E-state index contributed by atoms with van der Waals surface area (Å²) in [4.78, 5) is 15.4. The largest absolute Gasteiger partial charge is 0.399 e. The number of nitrogen functional groups attached to an aromatic ring is 1. The van der Waals surface area contributed by atoms with E-state index in [0.717, 1.165) is 11.3 Å². The maximum Gasteiger partial charge on any atom is 0.235 e. The SMILES string of the molecule is CCNC(=O)CS(=O)(=O)c1nc2ccc(N)cc2s1. The van der Waals surface area contributed by atoms with Crippen LogP contribution in [0.3, 0.4) is 0 Å². The van der Waals surface area contributed by atoms with Crippen molar-refractivity contribution in [1.29, 1.82) is 0 Å². The minimum atomic E-state index is -3.70. The van der Waals surface area contributed by atoms with E-state index in [1.807, 2.05) is 0 Å². The molecular weight excluding hydrogens is 286 g/mol. The fraction of sp³-hybridized carbons (Fsp3) is 0.273. The maximum atomic E-state index is 12.0. The van der Waals surface area contributed by atoms with E-state index < -0.39 is 21.5 Å². The maximum absolute atomic E-state index is 12.0. The van der Waals surface area contributed by atoms with Gasteiger partial charge in [0.2, 0.25) is 20.1 Å². The van der Waals surface area contributed by atoms with Crippen molar-refractivity contribution in [3.63, 3.8) is 0 Å². The number of benzene rings is 1. The molecule has 2 rings (SSSR count). The van der Waals surface area contributed by atoms with Gasteiger partial charge in [0, 0.05) is 12.2 Å². The summed E-state index contributed by atoms with van der Waals surface area (Å²) in [5.74, 6) is -1.11. The van der Waals surface area contributed by atoms with Crippen LogP contribution in [0.2, 0.25) is 0 Å². The van der Waals surface area contributed by atoms with Crippen LogP contribution in [0.25, 0.3) is 10.2 Å². The number of hydrogen-bond acceptors (Lipinski definition) is 6. The van der Waals surface area contributed by atoms with E-state index in [-0.39, 0.29) is 4.34 Å². The van der Waals surface area contributed by atoms with E-state index in [1.54, 1.807) is 25.1 Å². The predicted molar refractivity (Wildman–Crippen MR) is 74.8 cm³/mol. The van der Waals surface area contributed by atoms with E-state index in [0.29, 0.717) is 22.4 Å². The first-order chi connectivity index (χ1) is 8.92. The van der Waals surface area contributed by atoms with Crippen LogP contribution >= 0.6 is 11.3 Å². The number of sulfone groups is 1. The molecule has 0 saturated carbocycles. The van der Waals surface area contributed by atoms with E-state index in [4.69, 9.17) is 5.73 Å². The van der Waals surface area contributed by atoms with Crippen LogP contribution in [0.4, 0.5) is 5.69 Å². The smallest absolute Gasteiger partial charge is 0.235 e. The van der Waals surface area contributed by atoms with Gasteiger partial charge >= 0.3 is 0 Å². The van der Waals surface area contributed by atoms with Crippen LogP contribution < -0.4 is 11.1 Å². The molecule has 0 saturated heterocycles. The first-order valence-corrected chi connectivity index (χ1v) is 8.05. The molecule has 19 heavy (non-hydrogen) atoms. The van der Waals surface area contributed by atoms with Crippen LogP contribution in [0.1, 0.15) is 6.92 Å². The monoisotopic (exact) mass is 299 g/mol. The number of carbonyl (C=O) groups excluding carboxylic acids is 1. The number of thiazole rings is 1. The number of rotatable bonds is 4. The molecule has 1 amide bonds. The first kappa shape index (κ1) is 13.8. The Kier molecular flexibility index (Phi) is 3.72. The van der Waals surface area contributed by atoms with Gasteiger partial charge in [-0.05, 0) is 25.1 Å². The van der Waals surface area contributed by atoms with Gasteiger partial charge in [-0.2, -0.15) is 0 Å². The number of fused-ring (bicyclic) bond motifs is 1. The molecule has 0 unspecified atom stereocenters. The molecule has 1 aromatic carbocycles. The number of carbonyl (C=O) groups is 1. The highest BCUT2D eigenvalue weighted by Crippen LogP contribution is 2.27. The summed E-state index contributed by atoms with van der Waals surface area (Å²) in [6.45, 7) is 2.12. The minimum absolute atomic E-state index is 0.0562. The van der Waals surface area contributed by atoms with Gasteiger partial charge in [-0.3, -0.25) is 4.79 Å². The van der Waals surface area contributed by atoms with Crippen LogP contribution in [0.5, 0.6) is 0 Å². The number of hydrogen-bond donors (Lipinski definition) is 2. The van der Waals surface area contributed by atoms with Crippen molar-refractivity contribution in [3.8, 4) is 0 Å². The van der Waals surface area contributed by atoms with Crippen molar-refractivity contribution in [2.75, 3.05) is 18.0 Å². The van der Waals surface area contributed by atoms with E-state index in [9.17, 15) is 13.2 Å². The van der Waals surface area contributed by atoms with Crippen molar-refractivity contribution < 1.29 is 13.2 Å². The molecule has 0 fully saturated rings. The van der Waals surface area contributed by atoms with Crippen LogP contribution in [0.15, 0.2) is 22.5 Å². The van der Waals surface area contributed by atoms with Gasteiger partial charge in [0.05, 0.1) is 10.2 Å². The third-order valence-corrected chi connectivity index (χ3v) is 5.44.